The predicted molar refractivity (Wildman–Crippen MR) is 118 cm³/mol. The van der Waals surface area contributed by atoms with Crippen LogP contribution < -0.4 is 5.32 Å². The van der Waals surface area contributed by atoms with E-state index in [2.05, 4.69) is 48.1 Å². The van der Waals surface area contributed by atoms with Gasteiger partial charge in [-0.3, -0.25) is 14.6 Å². The second kappa shape index (κ2) is 8.19. The summed E-state index contributed by atoms with van der Waals surface area (Å²) in [6.45, 7) is 9.00. The van der Waals surface area contributed by atoms with E-state index in [9.17, 15) is 9.59 Å². The van der Waals surface area contributed by atoms with Gasteiger partial charge >= 0.3 is 0 Å². The Morgan fingerprint density at radius 3 is 3.03 bits per heavy atom. The third-order valence-corrected chi connectivity index (χ3v) is 7.49. The van der Waals surface area contributed by atoms with Gasteiger partial charge in [-0.05, 0) is 55.4 Å². The van der Waals surface area contributed by atoms with Crippen molar-refractivity contribution in [2.24, 2.45) is 11.8 Å². The van der Waals surface area contributed by atoms with Crippen LogP contribution in [0.25, 0.3) is 10.9 Å². The highest BCUT2D eigenvalue weighted by molar-refractivity contribution is 8.14. The van der Waals surface area contributed by atoms with Crippen molar-refractivity contribution in [2.45, 2.75) is 38.0 Å². The lowest BCUT2D eigenvalue weighted by molar-refractivity contribution is -0.119. The van der Waals surface area contributed by atoms with Crippen LogP contribution in [0.5, 0.6) is 0 Å². The maximum absolute atomic E-state index is 12.8. The van der Waals surface area contributed by atoms with E-state index in [1.165, 1.54) is 22.9 Å². The lowest BCUT2D eigenvalue weighted by Crippen LogP contribution is -2.44. The van der Waals surface area contributed by atoms with Gasteiger partial charge in [0.1, 0.15) is 0 Å². The molecule has 2 aromatic rings. The standard InChI is InChI=1S/C23H27N3O2S/c1-4-16(13-25-15(3)27)17-8-10-26-21(12-17)22(29-23(26)28)18-7-9-24-20-6-5-14(2)11-19(18)20/h4-7,9,11,16-17,21-22H,1,8,10,12-13H2,2-3H3,(H,25,27)/t16-,17-,21-,22-/m0/s1. The van der Waals surface area contributed by atoms with E-state index in [-0.39, 0.29) is 28.4 Å². The molecule has 152 valence electrons. The lowest BCUT2D eigenvalue weighted by Gasteiger charge is -2.39. The van der Waals surface area contributed by atoms with Gasteiger partial charge in [0.15, 0.2) is 0 Å². The number of nitrogens with zero attached hydrogens (tertiary/aromatic N) is 2. The molecule has 3 heterocycles. The Morgan fingerprint density at radius 2 is 2.28 bits per heavy atom. The highest BCUT2D eigenvalue weighted by Gasteiger charge is 2.46. The van der Waals surface area contributed by atoms with Crippen molar-refractivity contribution in [1.29, 1.82) is 0 Å². The Morgan fingerprint density at radius 1 is 1.45 bits per heavy atom. The van der Waals surface area contributed by atoms with Crippen molar-refractivity contribution in [1.82, 2.24) is 15.2 Å². The average molecular weight is 410 g/mol. The predicted octanol–water partition coefficient (Wildman–Crippen LogP) is 4.47. The van der Waals surface area contributed by atoms with Gasteiger partial charge in [0.05, 0.1) is 10.8 Å². The largest absolute Gasteiger partial charge is 0.356 e. The zero-order valence-corrected chi connectivity index (χ0v) is 17.7. The molecule has 2 fully saturated rings. The minimum absolute atomic E-state index is 0.0163. The van der Waals surface area contributed by atoms with Crippen LogP contribution in [0.1, 0.15) is 36.1 Å². The highest BCUT2D eigenvalue weighted by atomic mass is 32.2. The summed E-state index contributed by atoms with van der Waals surface area (Å²) in [5.74, 6) is 0.612. The molecule has 4 atom stereocenters. The molecule has 0 bridgehead atoms. The number of thioether (sulfide) groups is 1. The fourth-order valence-corrected chi connectivity index (χ4v) is 6.01. The average Bonchev–Trinajstić information content (AvgIpc) is 3.03. The SMILES string of the molecule is C=C[C@@H](CNC(C)=O)[C@H]1CCN2C(=O)S[C@@H](c3ccnc4ccc(C)cc34)[C@@H]2C1. The summed E-state index contributed by atoms with van der Waals surface area (Å²) < 4.78 is 0. The highest BCUT2D eigenvalue weighted by Crippen LogP contribution is 2.50. The number of fused-ring (bicyclic) bond motifs is 2. The minimum Gasteiger partial charge on any atom is -0.356 e. The molecular formula is C23H27N3O2S. The fourth-order valence-electron chi connectivity index (χ4n) is 4.69. The molecule has 0 spiro atoms. The maximum atomic E-state index is 12.8. The number of pyridine rings is 1. The van der Waals surface area contributed by atoms with E-state index >= 15 is 0 Å². The van der Waals surface area contributed by atoms with Crippen molar-refractivity contribution < 1.29 is 9.59 Å². The molecule has 6 heteroatoms. The molecule has 0 unspecified atom stereocenters. The van der Waals surface area contributed by atoms with Crippen LogP contribution in [0.3, 0.4) is 0 Å². The molecule has 29 heavy (non-hydrogen) atoms. The molecule has 1 aromatic heterocycles. The number of hydrogen-bond acceptors (Lipinski definition) is 4. The number of carbonyl (C=O) groups is 2. The van der Waals surface area contributed by atoms with Crippen molar-refractivity contribution in [2.75, 3.05) is 13.1 Å². The maximum Gasteiger partial charge on any atom is 0.282 e. The molecule has 2 aliphatic heterocycles. The number of rotatable bonds is 5. The molecule has 2 saturated heterocycles. The van der Waals surface area contributed by atoms with Gasteiger partial charge in [-0.1, -0.05) is 29.5 Å². The zero-order valence-electron chi connectivity index (χ0n) is 16.9. The van der Waals surface area contributed by atoms with Crippen LogP contribution in [0.15, 0.2) is 43.1 Å². The molecule has 1 N–H and O–H groups in total. The summed E-state index contributed by atoms with van der Waals surface area (Å²) in [6, 6.07) is 8.54. The summed E-state index contributed by atoms with van der Waals surface area (Å²) in [7, 11) is 0. The molecule has 0 aliphatic carbocycles. The van der Waals surface area contributed by atoms with Gasteiger partial charge in [-0.25, -0.2) is 0 Å². The third kappa shape index (κ3) is 3.90. The molecule has 1 aromatic carbocycles. The molecule has 5 nitrogen and oxygen atoms in total. The number of aromatic nitrogens is 1. The van der Waals surface area contributed by atoms with Crippen molar-refractivity contribution in [3.63, 3.8) is 0 Å². The van der Waals surface area contributed by atoms with Crippen LogP contribution in [-0.4, -0.2) is 40.2 Å². The Balaban J connectivity index is 1.63. The van der Waals surface area contributed by atoms with Crippen LogP contribution in [0, 0.1) is 18.8 Å². The number of carbonyl (C=O) groups excluding carboxylic acids is 2. The van der Waals surface area contributed by atoms with Gasteiger partial charge in [0.25, 0.3) is 5.24 Å². The van der Waals surface area contributed by atoms with Crippen LogP contribution in [0.4, 0.5) is 4.79 Å². The van der Waals surface area contributed by atoms with Gasteiger partial charge in [-0.2, -0.15) is 0 Å². The summed E-state index contributed by atoms with van der Waals surface area (Å²) in [5.41, 5.74) is 3.37. The first-order valence-electron chi connectivity index (χ1n) is 10.2. The van der Waals surface area contributed by atoms with Crippen molar-refractivity contribution in [3.8, 4) is 0 Å². The summed E-state index contributed by atoms with van der Waals surface area (Å²) in [6.07, 6.45) is 5.68. The topological polar surface area (TPSA) is 62.3 Å². The fraction of sp³-hybridized carbons (Fsp3) is 0.435. The lowest BCUT2D eigenvalue weighted by atomic mass is 9.79. The summed E-state index contributed by atoms with van der Waals surface area (Å²) in [4.78, 5) is 30.7. The van der Waals surface area contributed by atoms with E-state index in [0.717, 1.165) is 30.3 Å². The number of hydrogen-bond donors (Lipinski definition) is 1. The van der Waals surface area contributed by atoms with E-state index in [1.807, 2.05) is 17.2 Å². The van der Waals surface area contributed by atoms with E-state index in [0.29, 0.717) is 12.5 Å². The quantitative estimate of drug-likeness (QED) is 0.740. The molecule has 0 radical (unpaired) electrons. The van der Waals surface area contributed by atoms with Gasteiger partial charge < -0.3 is 10.2 Å². The van der Waals surface area contributed by atoms with Crippen LogP contribution >= 0.6 is 11.8 Å². The second-order valence-corrected chi connectivity index (χ2v) is 9.20. The third-order valence-electron chi connectivity index (χ3n) is 6.23. The van der Waals surface area contributed by atoms with E-state index in [1.54, 1.807) is 6.92 Å². The Labute approximate surface area is 175 Å². The van der Waals surface area contributed by atoms with Crippen molar-refractivity contribution >= 4 is 33.8 Å². The zero-order chi connectivity index (χ0) is 20.5. The monoisotopic (exact) mass is 409 g/mol. The van der Waals surface area contributed by atoms with E-state index < -0.39 is 0 Å². The number of amides is 2. The molecule has 4 rings (SSSR count). The van der Waals surface area contributed by atoms with Gasteiger partial charge in [0, 0.05) is 37.6 Å². The minimum atomic E-state index is -0.0163. The molecular weight excluding hydrogens is 382 g/mol. The molecule has 2 amide bonds. The smallest absolute Gasteiger partial charge is 0.282 e. The van der Waals surface area contributed by atoms with Gasteiger partial charge in [0.2, 0.25) is 5.91 Å². The normalized spacial score (nSPS) is 25.0. The molecule has 0 saturated carbocycles. The van der Waals surface area contributed by atoms with E-state index in [4.69, 9.17) is 0 Å². The van der Waals surface area contributed by atoms with Crippen LogP contribution in [0.2, 0.25) is 0 Å². The first-order valence-corrected chi connectivity index (χ1v) is 11.1. The Kier molecular flexibility index (Phi) is 5.63. The Bertz CT molecular complexity index is 960. The first-order chi connectivity index (χ1) is 14.0. The van der Waals surface area contributed by atoms with Crippen LogP contribution in [-0.2, 0) is 4.79 Å². The number of aryl methyl sites for hydroxylation is 1. The Hall–Kier alpha value is -2.34. The number of benzene rings is 1. The summed E-state index contributed by atoms with van der Waals surface area (Å²) >= 11 is 1.45. The number of piperidine rings is 1. The van der Waals surface area contributed by atoms with Crippen molar-refractivity contribution in [3.05, 3.63) is 54.2 Å². The van der Waals surface area contributed by atoms with Gasteiger partial charge in [-0.15, -0.1) is 6.58 Å². The number of nitrogens with one attached hydrogen (secondary N) is 1. The molecule has 2 aliphatic rings. The second-order valence-electron chi connectivity index (χ2n) is 8.11. The summed E-state index contributed by atoms with van der Waals surface area (Å²) in [5, 5.41) is 4.35. The first kappa shape index (κ1) is 20.0.